The number of anilines is 10. The van der Waals surface area contributed by atoms with Crippen LogP contribution in [0.25, 0.3) is 0 Å². The van der Waals surface area contributed by atoms with E-state index in [9.17, 15) is 8.42 Å². The molecule has 43 heavy (non-hydrogen) atoms. The van der Waals surface area contributed by atoms with Crippen molar-refractivity contribution in [1.29, 1.82) is 0 Å². The first-order valence-electron chi connectivity index (χ1n) is 14.0. The second-order valence-electron chi connectivity index (χ2n) is 10.5. The van der Waals surface area contributed by atoms with Gasteiger partial charge in [0, 0.05) is 11.4 Å². The summed E-state index contributed by atoms with van der Waals surface area (Å²) in [6.45, 7) is 0. The topological polar surface area (TPSA) is 64.7 Å². The molecule has 0 saturated heterocycles. The molecule has 2 aliphatic heterocycles. The molecular formula is C36H26N4O2S. The third-order valence-electron chi connectivity index (χ3n) is 7.93. The van der Waals surface area contributed by atoms with Crippen LogP contribution in [0.4, 0.5) is 56.9 Å². The van der Waals surface area contributed by atoms with Crippen molar-refractivity contribution >= 4 is 66.7 Å². The number of sulfone groups is 1. The summed E-state index contributed by atoms with van der Waals surface area (Å²) in [5.74, 6) is 0. The average molecular weight is 579 g/mol. The van der Waals surface area contributed by atoms with E-state index in [2.05, 4.69) is 44.7 Å². The largest absolute Gasteiger partial charge is 0.352 e. The van der Waals surface area contributed by atoms with Crippen LogP contribution in [0.1, 0.15) is 0 Å². The van der Waals surface area contributed by atoms with Gasteiger partial charge in [-0.3, -0.25) is 0 Å². The zero-order valence-electron chi connectivity index (χ0n) is 23.0. The zero-order chi connectivity index (χ0) is 29.0. The first-order chi connectivity index (χ1) is 21.1. The van der Waals surface area contributed by atoms with Gasteiger partial charge in [0.25, 0.3) is 0 Å². The highest BCUT2D eigenvalue weighted by atomic mass is 32.2. The molecule has 0 atom stereocenters. The zero-order valence-corrected chi connectivity index (χ0v) is 23.8. The standard InChI is InChI=1S/C36H26N4O2S/c41-43(42,27-21-17-25(18-22-27)39-33-13-5-1-9-29(33)37-30-10-2-6-14-34(30)39)28-23-19-26(20-24-28)40-35-15-7-3-11-31(35)38-32-12-4-8-16-36(32)40/h1-24,37-38H. The summed E-state index contributed by atoms with van der Waals surface area (Å²) >= 11 is 0. The van der Waals surface area contributed by atoms with Gasteiger partial charge in [0.1, 0.15) is 0 Å². The second-order valence-corrected chi connectivity index (χ2v) is 12.4. The predicted molar refractivity (Wildman–Crippen MR) is 174 cm³/mol. The molecule has 0 saturated carbocycles. The Kier molecular flexibility index (Phi) is 5.74. The minimum absolute atomic E-state index is 0.249. The summed E-state index contributed by atoms with van der Waals surface area (Å²) in [5.41, 5.74) is 9.75. The van der Waals surface area contributed by atoms with Crippen molar-refractivity contribution in [3.63, 3.8) is 0 Å². The first kappa shape index (κ1) is 25.2. The fourth-order valence-electron chi connectivity index (χ4n) is 5.89. The van der Waals surface area contributed by atoms with Gasteiger partial charge >= 0.3 is 0 Å². The highest BCUT2D eigenvalue weighted by Crippen LogP contribution is 2.49. The molecule has 2 N–H and O–H groups in total. The summed E-state index contributed by atoms with van der Waals surface area (Å²) in [6.07, 6.45) is 0. The van der Waals surface area contributed by atoms with Crippen LogP contribution in [0.3, 0.4) is 0 Å². The second kappa shape index (κ2) is 9.79. The molecule has 0 aliphatic carbocycles. The lowest BCUT2D eigenvalue weighted by molar-refractivity contribution is 0.596. The van der Waals surface area contributed by atoms with E-state index in [1.165, 1.54) is 0 Å². The lowest BCUT2D eigenvalue weighted by Crippen LogP contribution is -2.17. The van der Waals surface area contributed by atoms with Crippen molar-refractivity contribution < 1.29 is 8.42 Å². The Bertz CT molecular complexity index is 1870. The SMILES string of the molecule is O=S(=O)(c1ccc(N2c3ccccc3Nc3ccccc32)cc1)c1ccc(N2c3ccccc3Nc3ccccc32)cc1. The van der Waals surface area contributed by atoms with Crippen molar-refractivity contribution in [2.24, 2.45) is 0 Å². The Morgan fingerprint density at radius 3 is 0.953 bits per heavy atom. The molecule has 6 aromatic rings. The lowest BCUT2D eigenvalue weighted by atomic mass is 10.1. The van der Waals surface area contributed by atoms with Gasteiger partial charge in [-0.15, -0.1) is 0 Å². The van der Waals surface area contributed by atoms with Gasteiger partial charge in [-0.1, -0.05) is 48.5 Å². The number of para-hydroxylation sites is 8. The smallest absolute Gasteiger partial charge is 0.206 e. The van der Waals surface area contributed by atoms with E-state index in [1.54, 1.807) is 24.3 Å². The lowest BCUT2D eigenvalue weighted by Gasteiger charge is -2.34. The van der Waals surface area contributed by atoms with Crippen LogP contribution < -0.4 is 20.4 Å². The normalized spacial score (nSPS) is 13.1. The molecule has 0 amide bonds. The summed E-state index contributed by atoms with van der Waals surface area (Å²) in [7, 11) is -3.74. The number of nitrogens with one attached hydrogen (secondary N) is 2. The van der Waals surface area contributed by atoms with Crippen molar-refractivity contribution in [2.75, 3.05) is 20.4 Å². The van der Waals surface area contributed by atoms with Gasteiger partial charge in [0.15, 0.2) is 0 Å². The van der Waals surface area contributed by atoms with Gasteiger partial charge in [0.2, 0.25) is 9.84 Å². The summed E-state index contributed by atoms with van der Waals surface area (Å²) in [4.78, 5) is 4.79. The first-order valence-corrected chi connectivity index (χ1v) is 15.5. The predicted octanol–water partition coefficient (Wildman–Crippen LogP) is 9.57. The molecule has 208 valence electrons. The number of rotatable bonds is 4. The monoisotopic (exact) mass is 578 g/mol. The maximum atomic E-state index is 13.8. The van der Waals surface area contributed by atoms with Crippen LogP contribution in [-0.2, 0) is 9.84 Å². The summed E-state index contributed by atoms with van der Waals surface area (Å²) in [6, 6.07) is 46.6. The Hall–Kier alpha value is -5.53. The molecule has 2 heterocycles. The van der Waals surface area contributed by atoms with Crippen molar-refractivity contribution in [1.82, 2.24) is 0 Å². The van der Waals surface area contributed by atoms with E-state index in [4.69, 9.17) is 0 Å². The number of nitrogens with zero attached hydrogens (tertiary/aromatic N) is 2. The van der Waals surface area contributed by atoms with E-state index in [0.29, 0.717) is 0 Å². The Labute approximate surface area is 250 Å². The number of benzene rings is 6. The Balaban J connectivity index is 1.13. The molecular weight excluding hydrogens is 552 g/mol. The highest BCUT2D eigenvalue weighted by molar-refractivity contribution is 7.91. The van der Waals surface area contributed by atoms with Gasteiger partial charge < -0.3 is 20.4 Å². The minimum Gasteiger partial charge on any atom is -0.352 e. The molecule has 0 aromatic heterocycles. The molecule has 2 aliphatic rings. The average Bonchev–Trinajstić information content (AvgIpc) is 3.06. The van der Waals surface area contributed by atoms with Crippen LogP contribution in [0.2, 0.25) is 0 Å². The summed E-state index contributed by atoms with van der Waals surface area (Å²) < 4.78 is 27.5. The van der Waals surface area contributed by atoms with Crippen molar-refractivity contribution in [3.8, 4) is 0 Å². The van der Waals surface area contributed by atoms with Crippen LogP contribution in [0, 0.1) is 0 Å². The van der Waals surface area contributed by atoms with E-state index >= 15 is 0 Å². The molecule has 6 nitrogen and oxygen atoms in total. The molecule has 0 bridgehead atoms. The molecule has 0 fully saturated rings. The fraction of sp³-hybridized carbons (Fsp3) is 0. The van der Waals surface area contributed by atoms with E-state index in [0.717, 1.165) is 56.9 Å². The van der Waals surface area contributed by atoms with E-state index < -0.39 is 9.84 Å². The maximum Gasteiger partial charge on any atom is 0.206 e. The van der Waals surface area contributed by atoms with Crippen LogP contribution >= 0.6 is 0 Å². The quantitative estimate of drug-likeness (QED) is 0.217. The van der Waals surface area contributed by atoms with E-state index in [1.807, 2.05) is 97.1 Å². The Morgan fingerprint density at radius 1 is 0.372 bits per heavy atom. The maximum absolute atomic E-state index is 13.8. The van der Waals surface area contributed by atoms with Crippen molar-refractivity contribution in [2.45, 2.75) is 9.79 Å². The van der Waals surface area contributed by atoms with Gasteiger partial charge in [-0.05, 0) is 97.1 Å². The molecule has 0 radical (unpaired) electrons. The van der Waals surface area contributed by atoms with Crippen LogP contribution in [0.5, 0.6) is 0 Å². The van der Waals surface area contributed by atoms with Gasteiger partial charge in [-0.25, -0.2) is 8.42 Å². The summed E-state index contributed by atoms with van der Waals surface area (Å²) in [5, 5.41) is 6.98. The molecule has 7 heteroatoms. The molecule has 0 spiro atoms. The molecule has 0 unspecified atom stereocenters. The molecule has 6 aromatic carbocycles. The number of hydrogen-bond donors (Lipinski definition) is 2. The third kappa shape index (κ3) is 4.13. The third-order valence-corrected chi connectivity index (χ3v) is 9.71. The Morgan fingerprint density at radius 2 is 0.651 bits per heavy atom. The van der Waals surface area contributed by atoms with Crippen LogP contribution in [0.15, 0.2) is 155 Å². The number of fused-ring (bicyclic) bond motifs is 4. The van der Waals surface area contributed by atoms with E-state index in [-0.39, 0.29) is 9.79 Å². The van der Waals surface area contributed by atoms with Crippen molar-refractivity contribution in [3.05, 3.63) is 146 Å². The highest BCUT2D eigenvalue weighted by Gasteiger charge is 2.26. The van der Waals surface area contributed by atoms with Gasteiger partial charge in [0.05, 0.1) is 55.3 Å². The number of hydrogen-bond acceptors (Lipinski definition) is 6. The minimum atomic E-state index is -3.74. The molecule has 8 rings (SSSR count). The fourth-order valence-corrected chi connectivity index (χ4v) is 7.15. The van der Waals surface area contributed by atoms with Crippen LogP contribution in [-0.4, -0.2) is 8.42 Å². The van der Waals surface area contributed by atoms with Gasteiger partial charge in [-0.2, -0.15) is 0 Å².